The molecule has 6 rings (SSSR count). The fourth-order valence-electron chi connectivity index (χ4n) is 5.34. The van der Waals surface area contributed by atoms with Gasteiger partial charge in [-0.3, -0.25) is 19.5 Å². The third kappa shape index (κ3) is 5.84. The van der Waals surface area contributed by atoms with Gasteiger partial charge in [0.15, 0.2) is 4.80 Å². The molecular formula is C35H28ClN3O6S. The van der Waals surface area contributed by atoms with Crippen molar-refractivity contribution < 1.29 is 18.9 Å². The highest BCUT2D eigenvalue weighted by atomic mass is 35.5. The number of hydrogen-bond donors (Lipinski definition) is 0. The predicted molar refractivity (Wildman–Crippen MR) is 177 cm³/mol. The van der Waals surface area contributed by atoms with Gasteiger partial charge in [0.25, 0.3) is 11.2 Å². The molecule has 1 aliphatic heterocycles. The second-order valence-corrected chi connectivity index (χ2v) is 12.3. The molecule has 3 aromatic carbocycles. The second-order valence-electron chi connectivity index (χ2n) is 10.9. The van der Waals surface area contributed by atoms with Gasteiger partial charge in [-0.05, 0) is 42.2 Å². The normalized spacial score (nSPS) is 14.7. The maximum absolute atomic E-state index is 14.2. The Hall–Kier alpha value is -5.06. The Morgan fingerprint density at radius 3 is 2.52 bits per heavy atom. The van der Waals surface area contributed by atoms with Gasteiger partial charge in [-0.2, -0.15) is 0 Å². The molecule has 1 aliphatic rings. The smallest absolute Gasteiger partial charge is 0.338 e. The summed E-state index contributed by atoms with van der Waals surface area (Å²) in [6.45, 7) is 6.09. The number of nitrogens with zero attached hydrogens (tertiary/aromatic N) is 3. The van der Waals surface area contributed by atoms with Crippen molar-refractivity contribution in [1.82, 2.24) is 4.57 Å². The number of esters is 1. The Morgan fingerprint density at radius 1 is 1.11 bits per heavy atom. The van der Waals surface area contributed by atoms with Crippen molar-refractivity contribution in [3.63, 3.8) is 0 Å². The SMILES string of the molecule is CCOC(=O)C1=C(c2ccccc2)N=c2s/c(=C\c3ccc(-c4cc([N+](=O)[O-])ccc4Cl)o3)c(=O)n2C1c1ccc(C(C)C)cc1. The third-order valence-electron chi connectivity index (χ3n) is 7.62. The molecule has 0 aliphatic carbocycles. The number of nitro benzene ring substituents is 1. The first-order valence-corrected chi connectivity index (χ1v) is 15.8. The van der Waals surface area contributed by atoms with Gasteiger partial charge in [-0.1, -0.05) is 91.4 Å². The van der Waals surface area contributed by atoms with E-state index < -0.39 is 16.9 Å². The van der Waals surface area contributed by atoms with Crippen molar-refractivity contribution >= 4 is 46.4 Å². The van der Waals surface area contributed by atoms with Crippen molar-refractivity contribution in [3.05, 3.63) is 148 Å². The van der Waals surface area contributed by atoms with Crippen LogP contribution in [-0.2, 0) is 9.53 Å². The lowest BCUT2D eigenvalue weighted by Gasteiger charge is -2.26. The van der Waals surface area contributed by atoms with E-state index in [-0.39, 0.29) is 28.4 Å². The van der Waals surface area contributed by atoms with Crippen LogP contribution in [0.5, 0.6) is 0 Å². The van der Waals surface area contributed by atoms with Crippen LogP contribution in [0.3, 0.4) is 0 Å². The highest BCUT2D eigenvalue weighted by Crippen LogP contribution is 2.36. The number of nitro groups is 1. The lowest BCUT2D eigenvalue weighted by molar-refractivity contribution is -0.384. The first-order chi connectivity index (χ1) is 22.2. The number of thiazole rings is 1. The molecule has 9 nitrogen and oxygen atoms in total. The van der Waals surface area contributed by atoms with Gasteiger partial charge in [0.2, 0.25) is 0 Å². The summed E-state index contributed by atoms with van der Waals surface area (Å²) in [4.78, 5) is 43.9. The van der Waals surface area contributed by atoms with Crippen molar-refractivity contribution in [2.24, 2.45) is 4.99 Å². The Kier molecular flexibility index (Phi) is 8.57. The van der Waals surface area contributed by atoms with Crippen LogP contribution in [0, 0.1) is 10.1 Å². The summed E-state index contributed by atoms with van der Waals surface area (Å²) >= 11 is 7.50. The van der Waals surface area contributed by atoms with Gasteiger partial charge < -0.3 is 9.15 Å². The number of furan rings is 1. The van der Waals surface area contributed by atoms with E-state index >= 15 is 0 Å². The summed E-state index contributed by atoms with van der Waals surface area (Å²) < 4.78 is 13.4. The molecule has 0 fully saturated rings. The highest BCUT2D eigenvalue weighted by molar-refractivity contribution is 7.07. The molecule has 11 heteroatoms. The molecule has 0 radical (unpaired) electrons. The number of ether oxygens (including phenoxy) is 1. The van der Waals surface area contributed by atoms with Crippen molar-refractivity contribution in [2.75, 3.05) is 6.61 Å². The quantitative estimate of drug-likeness (QED) is 0.102. The molecule has 3 heterocycles. The van der Waals surface area contributed by atoms with Gasteiger partial charge in [0, 0.05) is 29.3 Å². The van der Waals surface area contributed by atoms with Gasteiger partial charge in [-0.25, -0.2) is 9.79 Å². The predicted octanol–water partition coefficient (Wildman–Crippen LogP) is 6.88. The molecule has 0 amide bonds. The summed E-state index contributed by atoms with van der Waals surface area (Å²) in [5, 5.41) is 11.6. The lowest BCUT2D eigenvalue weighted by Crippen LogP contribution is -2.40. The molecule has 46 heavy (non-hydrogen) atoms. The van der Waals surface area contributed by atoms with E-state index in [9.17, 15) is 19.7 Å². The molecule has 2 aromatic heterocycles. The van der Waals surface area contributed by atoms with Crippen LogP contribution in [0.4, 0.5) is 5.69 Å². The molecule has 5 aromatic rings. The van der Waals surface area contributed by atoms with Crippen molar-refractivity contribution in [3.8, 4) is 11.3 Å². The molecule has 1 atom stereocenters. The molecule has 232 valence electrons. The van der Waals surface area contributed by atoms with E-state index in [0.29, 0.717) is 38.0 Å². The van der Waals surface area contributed by atoms with E-state index in [1.807, 2.05) is 54.6 Å². The van der Waals surface area contributed by atoms with E-state index in [1.165, 1.54) is 34.1 Å². The van der Waals surface area contributed by atoms with E-state index in [2.05, 4.69) is 13.8 Å². The molecule has 0 bridgehead atoms. The van der Waals surface area contributed by atoms with Crippen LogP contribution in [-0.4, -0.2) is 22.1 Å². The fraction of sp³-hybridized carbons (Fsp3) is 0.171. The number of halogens is 1. The molecule has 0 spiro atoms. The standard InChI is InChI=1S/C35H28ClN3O6S/c1-4-44-34(41)30-31(22-8-6-5-7-9-22)37-35-38(32(30)23-12-10-21(11-13-23)20(2)3)33(40)29(46-35)19-25-15-17-28(45-25)26-18-24(39(42)43)14-16-27(26)36/h5-20,32H,4H2,1-3H3/b29-19-. The minimum absolute atomic E-state index is 0.126. The minimum atomic E-state index is -0.801. The third-order valence-corrected chi connectivity index (χ3v) is 8.93. The Morgan fingerprint density at radius 2 is 1.85 bits per heavy atom. The van der Waals surface area contributed by atoms with E-state index in [4.69, 9.17) is 25.7 Å². The molecule has 0 saturated carbocycles. The summed E-state index contributed by atoms with van der Waals surface area (Å²) in [5.74, 6) is 0.397. The number of aromatic nitrogens is 1. The molecular weight excluding hydrogens is 626 g/mol. The number of carbonyl (C=O) groups excluding carboxylic acids is 1. The van der Waals surface area contributed by atoms with E-state index in [1.54, 1.807) is 25.1 Å². The van der Waals surface area contributed by atoms with Gasteiger partial charge in [0.05, 0.1) is 38.4 Å². The second kappa shape index (κ2) is 12.7. The maximum Gasteiger partial charge on any atom is 0.338 e. The van der Waals surface area contributed by atoms with E-state index in [0.717, 1.165) is 16.7 Å². The molecule has 0 N–H and O–H groups in total. The number of non-ortho nitro benzene ring substituents is 1. The van der Waals surface area contributed by atoms with Gasteiger partial charge >= 0.3 is 5.97 Å². The van der Waals surface area contributed by atoms with Crippen LogP contribution in [0.1, 0.15) is 55.2 Å². The van der Waals surface area contributed by atoms with Crippen molar-refractivity contribution in [1.29, 1.82) is 0 Å². The first-order valence-electron chi connectivity index (χ1n) is 14.6. The average molecular weight is 654 g/mol. The van der Waals surface area contributed by atoms with Crippen molar-refractivity contribution in [2.45, 2.75) is 32.7 Å². The Labute approximate surface area is 272 Å². The number of benzene rings is 3. The summed E-state index contributed by atoms with van der Waals surface area (Å²) in [6.07, 6.45) is 1.59. The number of hydrogen-bond acceptors (Lipinski definition) is 8. The Balaban J connectivity index is 1.54. The summed E-state index contributed by atoms with van der Waals surface area (Å²) in [5.41, 5.74) is 3.16. The maximum atomic E-state index is 14.2. The minimum Gasteiger partial charge on any atom is -0.463 e. The zero-order chi connectivity index (χ0) is 32.5. The average Bonchev–Trinajstić information content (AvgIpc) is 3.64. The monoisotopic (exact) mass is 653 g/mol. The largest absolute Gasteiger partial charge is 0.463 e. The number of carbonyl (C=O) groups is 1. The first kappa shape index (κ1) is 30.9. The van der Waals surface area contributed by atoms with Gasteiger partial charge in [0.1, 0.15) is 11.5 Å². The summed E-state index contributed by atoms with van der Waals surface area (Å²) in [6, 6.07) is 23.8. The summed E-state index contributed by atoms with van der Waals surface area (Å²) in [7, 11) is 0. The van der Waals surface area contributed by atoms with Gasteiger partial charge in [-0.15, -0.1) is 0 Å². The number of fused-ring (bicyclic) bond motifs is 1. The fourth-order valence-corrected chi connectivity index (χ4v) is 6.53. The zero-order valence-corrected chi connectivity index (χ0v) is 26.7. The van der Waals surface area contributed by atoms with Crippen LogP contribution < -0.4 is 14.9 Å². The lowest BCUT2D eigenvalue weighted by atomic mass is 9.91. The number of rotatable bonds is 8. The van der Waals surface area contributed by atoms with Crippen LogP contribution >= 0.6 is 22.9 Å². The Bertz CT molecular complexity index is 2180. The van der Waals surface area contributed by atoms with Crippen LogP contribution in [0.15, 0.2) is 105 Å². The zero-order valence-electron chi connectivity index (χ0n) is 25.1. The topological polar surface area (TPSA) is 117 Å². The molecule has 0 saturated heterocycles. The van der Waals surface area contributed by atoms with Crippen LogP contribution in [0.25, 0.3) is 23.1 Å². The highest BCUT2D eigenvalue weighted by Gasteiger charge is 2.35. The molecule has 1 unspecified atom stereocenters. The van der Waals surface area contributed by atoms with Crippen LogP contribution in [0.2, 0.25) is 5.02 Å².